The van der Waals surface area contributed by atoms with Gasteiger partial charge in [0.15, 0.2) is 0 Å². The highest BCUT2D eigenvalue weighted by Gasteiger charge is 2.22. The average molecular weight is 682 g/mol. The Morgan fingerprint density at radius 1 is 0.918 bits per heavy atom. The topological polar surface area (TPSA) is 178 Å². The molecule has 0 aliphatic carbocycles. The molecular formula is C36H39N7O5S. The summed E-state index contributed by atoms with van der Waals surface area (Å²) < 4.78 is 9.67. The molecule has 6 rings (SSSR count). The number of aliphatic hydroxyl groups excluding tert-OH is 1. The van der Waals surface area contributed by atoms with E-state index in [1.54, 1.807) is 61.2 Å². The molecule has 254 valence electrons. The van der Waals surface area contributed by atoms with Gasteiger partial charge in [0.25, 0.3) is 0 Å². The summed E-state index contributed by atoms with van der Waals surface area (Å²) in [7, 11) is 0. The van der Waals surface area contributed by atoms with Crippen molar-refractivity contribution < 1.29 is 24.6 Å². The van der Waals surface area contributed by atoms with Crippen LogP contribution in [0.25, 0.3) is 10.6 Å². The minimum Gasteiger partial charge on any atom is -0.508 e. The number of phenolic OH excluding ortho intramolecular Hbond substituents is 2. The van der Waals surface area contributed by atoms with E-state index in [1.807, 2.05) is 42.0 Å². The largest absolute Gasteiger partial charge is 0.508 e. The maximum Gasteiger partial charge on any atom is 0.223 e. The Morgan fingerprint density at radius 2 is 1.63 bits per heavy atom. The summed E-state index contributed by atoms with van der Waals surface area (Å²) in [6, 6.07) is 12.4. The number of aromatic hydroxyl groups is 2. The number of aromatic nitrogens is 6. The van der Waals surface area contributed by atoms with E-state index >= 15 is 0 Å². The molecule has 0 spiro atoms. The number of aryl methyl sites for hydroxylation is 3. The van der Waals surface area contributed by atoms with E-state index in [9.17, 15) is 20.1 Å². The first-order valence-corrected chi connectivity index (χ1v) is 16.8. The molecule has 1 amide bonds. The van der Waals surface area contributed by atoms with E-state index in [2.05, 4.69) is 15.1 Å². The lowest BCUT2D eigenvalue weighted by molar-refractivity contribution is -0.117. The van der Waals surface area contributed by atoms with Crippen LogP contribution in [0.5, 0.6) is 11.5 Å². The number of amides is 1. The van der Waals surface area contributed by atoms with E-state index in [0.29, 0.717) is 55.2 Å². The first-order chi connectivity index (χ1) is 23.4. The quantitative estimate of drug-likeness (QED) is 0.134. The third-order valence-corrected chi connectivity index (χ3v) is 9.44. The molecule has 4 aromatic heterocycles. The van der Waals surface area contributed by atoms with Gasteiger partial charge in [-0.3, -0.25) is 4.79 Å². The number of primary amides is 1. The molecule has 1 atom stereocenters. The van der Waals surface area contributed by atoms with Gasteiger partial charge in [-0.05, 0) is 68.7 Å². The van der Waals surface area contributed by atoms with Gasteiger partial charge in [-0.15, -0.1) is 11.3 Å². The molecule has 0 aliphatic heterocycles. The van der Waals surface area contributed by atoms with Gasteiger partial charge in [0, 0.05) is 43.6 Å². The smallest absolute Gasteiger partial charge is 0.223 e. The van der Waals surface area contributed by atoms with Gasteiger partial charge in [-0.1, -0.05) is 23.4 Å². The Bertz CT molecular complexity index is 2120. The summed E-state index contributed by atoms with van der Waals surface area (Å²) in [6.45, 7) is 8.39. The van der Waals surface area contributed by atoms with Crippen LogP contribution in [0.3, 0.4) is 0 Å². The van der Waals surface area contributed by atoms with Crippen LogP contribution >= 0.6 is 11.3 Å². The highest BCUT2D eigenvalue weighted by Crippen LogP contribution is 2.33. The lowest BCUT2D eigenvalue weighted by atomic mass is 9.99. The fourth-order valence-electron chi connectivity index (χ4n) is 6.22. The van der Waals surface area contributed by atoms with E-state index in [4.69, 9.17) is 15.2 Å². The van der Waals surface area contributed by atoms with Gasteiger partial charge >= 0.3 is 0 Å². The van der Waals surface area contributed by atoms with Crippen molar-refractivity contribution in [2.45, 2.75) is 72.6 Å². The number of carbonyl (C=O) groups excluding carboxylic acids is 1. The molecule has 0 fully saturated rings. The molecule has 0 saturated heterocycles. The van der Waals surface area contributed by atoms with Crippen molar-refractivity contribution in [3.05, 3.63) is 117 Å². The van der Waals surface area contributed by atoms with Crippen LogP contribution in [0.15, 0.2) is 59.6 Å². The molecule has 13 heteroatoms. The lowest BCUT2D eigenvalue weighted by Gasteiger charge is -2.13. The van der Waals surface area contributed by atoms with Gasteiger partial charge in [0.2, 0.25) is 5.91 Å². The third-order valence-electron chi connectivity index (χ3n) is 8.36. The van der Waals surface area contributed by atoms with Crippen molar-refractivity contribution in [2.24, 2.45) is 5.73 Å². The minimum absolute atomic E-state index is 0.00108. The molecule has 0 bridgehead atoms. The molecule has 0 saturated carbocycles. The summed E-state index contributed by atoms with van der Waals surface area (Å²) in [4.78, 5) is 27.0. The average Bonchev–Trinajstić information content (AvgIpc) is 3.76. The number of benzene rings is 2. The molecule has 12 nitrogen and oxygen atoms in total. The van der Waals surface area contributed by atoms with E-state index in [-0.39, 0.29) is 17.9 Å². The first-order valence-electron chi connectivity index (χ1n) is 15.9. The number of thiazole rings is 1. The number of hydrogen-bond acceptors (Lipinski definition) is 10. The van der Waals surface area contributed by atoms with E-state index in [0.717, 1.165) is 49.2 Å². The summed E-state index contributed by atoms with van der Waals surface area (Å²) in [6.07, 6.45) is 4.01. The number of imidazole rings is 2. The van der Waals surface area contributed by atoms with Crippen LogP contribution in [0, 0.1) is 20.8 Å². The molecular weight excluding hydrogens is 643 g/mol. The monoisotopic (exact) mass is 681 g/mol. The van der Waals surface area contributed by atoms with Crippen LogP contribution in [0.1, 0.15) is 68.4 Å². The van der Waals surface area contributed by atoms with E-state index in [1.165, 1.54) is 0 Å². The normalized spacial score (nSPS) is 12.1. The zero-order valence-electron chi connectivity index (χ0n) is 27.8. The molecule has 0 radical (unpaired) electrons. The Morgan fingerprint density at radius 3 is 2.35 bits per heavy atom. The lowest BCUT2D eigenvalue weighted by Crippen LogP contribution is -2.18. The highest BCUT2D eigenvalue weighted by atomic mass is 32.1. The second kappa shape index (κ2) is 14.1. The number of phenols is 2. The maximum absolute atomic E-state index is 12.1. The number of carbonyl (C=O) groups is 1. The third kappa shape index (κ3) is 7.74. The fraction of sp³-hybridized carbons (Fsp3) is 0.306. The van der Waals surface area contributed by atoms with Crippen molar-refractivity contribution in [1.29, 1.82) is 0 Å². The van der Waals surface area contributed by atoms with Gasteiger partial charge in [0.1, 0.15) is 23.0 Å². The van der Waals surface area contributed by atoms with Gasteiger partial charge < -0.3 is 34.7 Å². The number of nitrogens with zero attached hydrogens (tertiary/aromatic N) is 6. The Labute approximate surface area is 287 Å². The zero-order chi connectivity index (χ0) is 34.8. The van der Waals surface area contributed by atoms with Gasteiger partial charge in [-0.2, -0.15) is 0 Å². The maximum atomic E-state index is 12.1. The SMILES string of the molecule is Cc1nc(C)c(-c2ncn(Cc3cc(O)cc(Cc4onc(C)c4Cc4ncn(Cc5cccc(O)c5)c4CC(N)=O)c3)c2CC(C)O)s1. The second-order valence-corrected chi connectivity index (χ2v) is 13.7. The number of hydrogen-bond donors (Lipinski definition) is 4. The fourth-order valence-corrected chi connectivity index (χ4v) is 7.16. The molecule has 2 aromatic carbocycles. The predicted molar refractivity (Wildman–Crippen MR) is 185 cm³/mol. The standard InChI is InChI=1S/C36H39N7O5S/c1-20(44)8-32-35(36-22(3)40-23(4)49-36)39-19-43(32)17-26-9-25(11-28(46)12-26)13-33-29(21(2)41-48-33)14-30-31(15-34(37)47)42(18-38-30)16-24-6-5-7-27(45)10-24/h5-7,9-12,18-20,44-46H,8,13-17H2,1-4H3,(H2,37,47). The van der Waals surface area contributed by atoms with Gasteiger partial charge in [0.05, 0.1) is 57.8 Å². The molecule has 49 heavy (non-hydrogen) atoms. The van der Waals surface area contributed by atoms with Crippen molar-refractivity contribution in [3.8, 4) is 22.1 Å². The Hall–Kier alpha value is -5.27. The molecule has 0 aliphatic rings. The Balaban J connectivity index is 1.26. The molecule has 1 unspecified atom stereocenters. The van der Waals surface area contributed by atoms with Crippen LogP contribution in [0.4, 0.5) is 0 Å². The molecule has 6 aromatic rings. The number of aliphatic hydroxyl groups is 1. The molecule has 5 N–H and O–H groups in total. The summed E-state index contributed by atoms with van der Waals surface area (Å²) in [5.41, 5.74) is 13.7. The van der Waals surface area contributed by atoms with Crippen molar-refractivity contribution >= 4 is 17.2 Å². The van der Waals surface area contributed by atoms with Crippen LogP contribution < -0.4 is 5.73 Å². The van der Waals surface area contributed by atoms with Gasteiger partial charge in [-0.25, -0.2) is 15.0 Å². The highest BCUT2D eigenvalue weighted by molar-refractivity contribution is 7.15. The second-order valence-electron chi connectivity index (χ2n) is 12.5. The van der Waals surface area contributed by atoms with Crippen molar-refractivity contribution in [2.75, 3.05) is 0 Å². The minimum atomic E-state index is -0.571. The van der Waals surface area contributed by atoms with Crippen molar-refractivity contribution in [3.63, 3.8) is 0 Å². The Kier molecular flexibility index (Phi) is 9.65. The van der Waals surface area contributed by atoms with Crippen molar-refractivity contribution in [1.82, 2.24) is 29.2 Å². The van der Waals surface area contributed by atoms with Crippen LogP contribution in [-0.4, -0.2) is 56.6 Å². The number of nitrogens with two attached hydrogens (primary N) is 1. The van der Waals surface area contributed by atoms with E-state index < -0.39 is 12.0 Å². The summed E-state index contributed by atoms with van der Waals surface area (Å²) in [5, 5.41) is 36.2. The number of rotatable bonds is 13. The predicted octanol–water partition coefficient (Wildman–Crippen LogP) is 4.76. The summed E-state index contributed by atoms with van der Waals surface area (Å²) >= 11 is 1.58. The molecule has 4 heterocycles. The zero-order valence-corrected chi connectivity index (χ0v) is 28.7. The summed E-state index contributed by atoms with van der Waals surface area (Å²) in [5.74, 6) is 0.418. The first kappa shape index (κ1) is 33.6. The van der Waals surface area contributed by atoms with Crippen LogP contribution in [-0.2, 0) is 43.6 Å². The van der Waals surface area contributed by atoms with Crippen LogP contribution in [0.2, 0.25) is 0 Å².